The van der Waals surface area contributed by atoms with Gasteiger partial charge in [-0.25, -0.2) is 0 Å². The van der Waals surface area contributed by atoms with Crippen LogP contribution in [0.25, 0.3) is 0 Å². The molecule has 122 valence electrons. The number of likely N-dealkylation sites (tertiary alicyclic amines) is 1. The molecule has 1 saturated carbocycles. The highest BCUT2D eigenvalue weighted by atomic mass is 16.5. The first-order valence-corrected chi connectivity index (χ1v) is 8.40. The van der Waals surface area contributed by atoms with E-state index >= 15 is 0 Å². The summed E-state index contributed by atoms with van der Waals surface area (Å²) >= 11 is 0. The van der Waals surface area contributed by atoms with Crippen molar-refractivity contribution in [2.45, 2.75) is 37.6 Å². The van der Waals surface area contributed by atoms with E-state index in [0.717, 1.165) is 24.2 Å². The summed E-state index contributed by atoms with van der Waals surface area (Å²) in [5, 5.41) is 3.04. The molecule has 2 aliphatic heterocycles. The van der Waals surface area contributed by atoms with Crippen molar-refractivity contribution in [2.24, 2.45) is 5.92 Å². The minimum Gasteiger partial charge on any atom is -0.493 e. The van der Waals surface area contributed by atoms with Gasteiger partial charge < -0.3 is 15.0 Å². The van der Waals surface area contributed by atoms with E-state index in [-0.39, 0.29) is 23.8 Å². The SMILES string of the molecule is CC1(C(=O)N2CC(NC(=O)C3CC3)C2)CCOc2ccccc21. The number of benzene rings is 1. The second kappa shape index (κ2) is 5.25. The number of nitrogens with one attached hydrogen (secondary N) is 1. The monoisotopic (exact) mass is 314 g/mol. The molecule has 0 bridgehead atoms. The molecule has 0 spiro atoms. The second-order valence-electron chi connectivity index (χ2n) is 7.12. The van der Waals surface area contributed by atoms with Crippen LogP contribution in [0.15, 0.2) is 24.3 Å². The van der Waals surface area contributed by atoms with Crippen LogP contribution in [0.1, 0.15) is 31.7 Å². The number of carbonyl (C=O) groups excluding carboxylic acids is 2. The molecule has 4 rings (SSSR count). The van der Waals surface area contributed by atoms with Crippen LogP contribution < -0.4 is 10.1 Å². The lowest BCUT2D eigenvalue weighted by Crippen LogP contribution is -2.64. The van der Waals surface area contributed by atoms with Gasteiger partial charge in [0.25, 0.3) is 0 Å². The molecule has 2 fully saturated rings. The second-order valence-corrected chi connectivity index (χ2v) is 7.12. The Morgan fingerprint density at radius 2 is 2.00 bits per heavy atom. The Morgan fingerprint density at radius 3 is 2.74 bits per heavy atom. The first-order chi connectivity index (χ1) is 11.1. The zero-order valence-electron chi connectivity index (χ0n) is 13.4. The number of hydrogen-bond acceptors (Lipinski definition) is 3. The Balaban J connectivity index is 1.43. The fourth-order valence-electron chi connectivity index (χ4n) is 3.52. The summed E-state index contributed by atoms with van der Waals surface area (Å²) in [5.41, 5.74) is 0.446. The molecule has 1 atom stereocenters. The number of ether oxygens (including phenoxy) is 1. The molecule has 0 radical (unpaired) electrons. The highest BCUT2D eigenvalue weighted by molar-refractivity contribution is 5.90. The third kappa shape index (κ3) is 2.48. The largest absolute Gasteiger partial charge is 0.493 e. The predicted molar refractivity (Wildman–Crippen MR) is 85.1 cm³/mol. The maximum absolute atomic E-state index is 13.0. The maximum atomic E-state index is 13.0. The lowest BCUT2D eigenvalue weighted by Gasteiger charge is -2.45. The molecule has 5 nitrogen and oxygen atoms in total. The number of amides is 2. The molecule has 5 heteroatoms. The van der Waals surface area contributed by atoms with Crippen LogP contribution >= 0.6 is 0 Å². The van der Waals surface area contributed by atoms with Gasteiger partial charge in [-0.3, -0.25) is 9.59 Å². The lowest BCUT2D eigenvalue weighted by molar-refractivity contribution is -0.144. The van der Waals surface area contributed by atoms with Crippen molar-refractivity contribution in [1.29, 1.82) is 0 Å². The fourth-order valence-corrected chi connectivity index (χ4v) is 3.52. The van der Waals surface area contributed by atoms with E-state index in [4.69, 9.17) is 4.74 Å². The number of para-hydroxylation sites is 1. The predicted octanol–water partition coefficient (Wildman–Crippen LogP) is 1.46. The van der Waals surface area contributed by atoms with Gasteiger partial charge in [-0.1, -0.05) is 18.2 Å². The third-order valence-electron chi connectivity index (χ3n) is 5.28. The van der Waals surface area contributed by atoms with Crippen LogP contribution in [-0.2, 0) is 15.0 Å². The number of nitrogens with zero attached hydrogens (tertiary/aromatic N) is 1. The van der Waals surface area contributed by atoms with Crippen molar-refractivity contribution in [2.75, 3.05) is 19.7 Å². The highest BCUT2D eigenvalue weighted by Crippen LogP contribution is 2.40. The molecule has 1 aromatic carbocycles. The smallest absolute Gasteiger partial charge is 0.233 e. The molecule has 1 saturated heterocycles. The summed E-state index contributed by atoms with van der Waals surface area (Å²) in [5.74, 6) is 1.34. The van der Waals surface area contributed by atoms with Crippen molar-refractivity contribution >= 4 is 11.8 Å². The quantitative estimate of drug-likeness (QED) is 0.919. The fraction of sp³-hybridized carbons (Fsp3) is 0.556. The molecule has 2 heterocycles. The number of fused-ring (bicyclic) bond motifs is 1. The summed E-state index contributed by atoms with van der Waals surface area (Å²) in [6, 6.07) is 7.91. The van der Waals surface area contributed by atoms with Gasteiger partial charge in [-0.15, -0.1) is 0 Å². The molecular formula is C18H22N2O3. The van der Waals surface area contributed by atoms with Gasteiger partial charge in [-0.2, -0.15) is 0 Å². The summed E-state index contributed by atoms with van der Waals surface area (Å²) in [7, 11) is 0. The molecule has 1 aliphatic carbocycles. The van der Waals surface area contributed by atoms with Crippen LogP contribution in [0.2, 0.25) is 0 Å². The van der Waals surface area contributed by atoms with E-state index in [2.05, 4.69) is 5.32 Å². The summed E-state index contributed by atoms with van der Waals surface area (Å²) in [6.45, 7) is 3.81. The molecule has 0 aromatic heterocycles. The minimum absolute atomic E-state index is 0.116. The highest BCUT2D eigenvalue weighted by Gasteiger charge is 2.46. The summed E-state index contributed by atoms with van der Waals surface area (Å²) < 4.78 is 5.68. The van der Waals surface area contributed by atoms with Crippen LogP contribution in [0.4, 0.5) is 0 Å². The van der Waals surface area contributed by atoms with Crippen LogP contribution in [-0.4, -0.2) is 42.5 Å². The topological polar surface area (TPSA) is 58.6 Å². The molecular weight excluding hydrogens is 292 g/mol. The van der Waals surface area contributed by atoms with E-state index in [1.54, 1.807) is 0 Å². The molecule has 23 heavy (non-hydrogen) atoms. The van der Waals surface area contributed by atoms with Crippen LogP contribution in [0, 0.1) is 5.92 Å². The van der Waals surface area contributed by atoms with Crippen molar-refractivity contribution in [3.8, 4) is 5.75 Å². The van der Waals surface area contributed by atoms with Gasteiger partial charge in [0.05, 0.1) is 18.1 Å². The standard InChI is InChI=1S/C18H22N2O3/c1-18(8-9-23-15-5-3-2-4-14(15)18)17(22)20-10-13(11-20)19-16(21)12-6-7-12/h2-5,12-13H,6-11H2,1H3,(H,19,21). The number of hydrogen-bond donors (Lipinski definition) is 1. The summed E-state index contributed by atoms with van der Waals surface area (Å²) in [6.07, 6.45) is 2.71. The van der Waals surface area contributed by atoms with Gasteiger partial charge in [0.1, 0.15) is 5.75 Å². The van der Waals surface area contributed by atoms with Gasteiger partial charge in [0.15, 0.2) is 0 Å². The van der Waals surface area contributed by atoms with E-state index in [0.29, 0.717) is 26.1 Å². The van der Waals surface area contributed by atoms with E-state index in [9.17, 15) is 9.59 Å². The average molecular weight is 314 g/mol. The normalized spacial score (nSPS) is 26.7. The zero-order chi connectivity index (χ0) is 16.0. The van der Waals surface area contributed by atoms with E-state index in [1.807, 2.05) is 36.1 Å². The molecule has 2 amide bonds. The first-order valence-electron chi connectivity index (χ1n) is 8.40. The van der Waals surface area contributed by atoms with Crippen LogP contribution in [0.5, 0.6) is 5.75 Å². The van der Waals surface area contributed by atoms with Crippen molar-refractivity contribution < 1.29 is 14.3 Å². The molecule has 1 N–H and O–H groups in total. The number of carbonyl (C=O) groups is 2. The van der Waals surface area contributed by atoms with Gasteiger partial charge in [-0.05, 0) is 32.3 Å². The van der Waals surface area contributed by atoms with Crippen LogP contribution in [0.3, 0.4) is 0 Å². The Morgan fingerprint density at radius 1 is 1.26 bits per heavy atom. The molecule has 1 unspecified atom stereocenters. The Bertz CT molecular complexity index is 649. The Kier molecular flexibility index (Phi) is 3.32. The van der Waals surface area contributed by atoms with Gasteiger partial charge >= 0.3 is 0 Å². The Hall–Kier alpha value is -2.04. The average Bonchev–Trinajstić information content (AvgIpc) is 3.35. The maximum Gasteiger partial charge on any atom is 0.233 e. The van der Waals surface area contributed by atoms with Crippen molar-refractivity contribution in [1.82, 2.24) is 10.2 Å². The third-order valence-corrected chi connectivity index (χ3v) is 5.28. The van der Waals surface area contributed by atoms with Crippen molar-refractivity contribution in [3.63, 3.8) is 0 Å². The molecule has 1 aromatic rings. The van der Waals surface area contributed by atoms with E-state index in [1.165, 1.54) is 0 Å². The molecule has 3 aliphatic rings. The summed E-state index contributed by atoms with van der Waals surface area (Å²) in [4.78, 5) is 26.6. The first kappa shape index (κ1) is 14.5. The number of rotatable bonds is 3. The lowest BCUT2D eigenvalue weighted by atomic mass is 9.76. The minimum atomic E-state index is -0.527. The van der Waals surface area contributed by atoms with Gasteiger partial charge in [0, 0.05) is 24.6 Å². The van der Waals surface area contributed by atoms with Gasteiger partial charge in [0.2, 0.25) is 11.8 Å². The van der Waals surface area contributed by atoms with Crippen molar-refractivity contribution in [3.05, 3.63) is 29.8 Å². The Labute approximate surface area is 136 Å². The zero-order valence-corrected chi connectivity index (χ0v) is 13.4. The van der Waals surface area contributed by atoms with E-state index < -0.39 is 5.41 Å².